The molecule has 39 heavy (non-hydrogen) atoms. The van der Waals surface area contributed by atoms with Crippen LogP contribution < -0.4 is 14.5 Å². The number of nitrogens with zero attached hydrogens (tertiary/aromatic N) is 3. The molecule has 0 saturated carbocycles. The summed E-state index contributed by atoms with van der Waals surface area (Å²) in [4.78, 5) is 54.2. The molecule has 2 aliphatic rings. The Hall–Kier alpha value is -5.09. The van der Waals surface area contributed by atoms with E-state index >= 15 is 0 Å². The van der Waals surface area contributed by atoms with Crippen LogP contribution >= 0.6 is 0 Å². The van der Waals surface area contributed by atoms with E-state index < -0.39 is 28.9 Å². The standard InChI is InChI=1S/C29H21N3O7/c1-14-4-6-16(7-5-14)30-26(33)17-8-10-19-25-20(11-9-18(24(17)25)27(30)34)29(36)31(28(19)35)21-13-23(39-3)22(32(37)38)12-15(21)2/h4-13,26,33H,1-3H3. The number of nitro groups is 1. The van der Waals surface area contributed by atoms with Gasteiger partial charge in [-0.2, -0.15) is 0 Å². The van der Waals surface area contributed by atoms with Gasteiger partial charge in [0.1, 0.15) is 0 Å². The highest BCUT2D eigenvalue weighted by Gasteiger charge is 2.41. The number of imide groups is 1. The third-order valence-corrected chi connectivity index (χ3v) is 7.28. The van der Waals surface area contributed by atoms with Gasteiger partial charge in [-0.05, 0) is 49.7 Å². The fourth-order valence-corrected chi connectivity index (χ4v) is 5.38. The fraction of sp³-hybridized carbons (Fsp3) is 0.138. The molecule has 0 aromatic heterocycles. The van der Waals surface area contributed by atoms with Gasteiger partial charge < -0.3 is 9.84 Å². The van der Waals surface area contributed by atoms with Crippen LogP contribution in [0.2, 0.25) is 0 Å². The van der Waals surface area contributed by atoms with Crippen molar-refractivity contribution in [2.75, 3.05) is 16.9 Å². The van der Waals surface area contributed by atoms with Gasteiger partial charge in [0.25, 0.3) is 17.7 Å². The first-order chi connectivity index (χ1) is 18.6. The molecule has 10 nitrogen and oxygen atoms in total. The summed E-state index contributed by atoms with van der Waals surface area (Å²) in [6.45, 7) is 3.48. The minimum absolute atomic E-state index is 0.0952. The van der Waals surface area contributed by atoms with E-state index in [4.69, 9.17) is 4.74 Å². The van der Waals surface area contributed by atoms with Gasteiger partial charge in [-0.15, -0.1) is 0 Å². The maximum absolute atomic E-state index is 13.8. The summed E-state index contributed by atoms with van der Waals surface area (Å²) in [6, 6.07) is 15.8. The van der Waals surface area contributed by atoms with Gasteiger partial charge in [0.15, 0.2) is 12.0 Å². The molecule has 4 aromatic rings. The maximum Gasteiger partial charge on any atom is 0.311 e. The number of carbonyl (C=O) groups excluding carboxylic acids is 3. The van der Waals surface area contributed by atoms with E-state index in [2.05, 4.69) is 0 Å². The van der Waals surface area contributed by atoms with Crippen molar-refractivity contribution in [3.05, 3.63) is 104 Å². The summed E-state index contributed by atoms with van der Waals surface area (Å²) < 4.78 is 5.16. The first-order valence-corrected chi connectivity index (χ1v) is 12.0. The Balaban J connectivity index is 1.52. The van der Waals surface area contributed by atoms with Crippen molar-refractivity contribution in [1.29, 1.82) is 0 Å². The van der Waals surface area contributed by atoms with Gasteiger partial charge in [0, 0.05) is 50.8 Å². The third kappa shape index (κ3) is 3.35. The van der Waals surface area contributed by atoms with E-state index in [1.807, 2.05) is 19.1 Å². The van der Waals surface area contributed by atoms with Crippen LogP contribution in [0.3, 0.4) is 0 Å². The van der Waals surface area contributed by atoms with Crippen LogP contribution in [-0.4, -0.2) is 34.9 Å². The zero-order chi connectivity index (χ0) is 27.7. The quantitative estimate of drug-likeness (QED) is 0.230. The first kappa shape index (κ1) is 24.3. The van der Waals surface area contributed by atoms with Crippen molar-refractivity contribution in [3.63, 3.8) is 0 Å². The molecule has 0 bridgehead atoms. The van der Waals surface area contributed by atoms with Gasteiger partial charge in [-0.1, -0.05) is 23.8 Å². The average molecular weight is 524 g/mol. The van der Waals surface area contributed by atoms with Gasteiger partial charge in [0.2, 0.25) is 0 Å². The topological polar surface area (TPSA) is 130 Å². The van der Waals surface area contributed by atoms with Crippen LogP contribution in [0, 0.1) is 24.0 Å². The number of methoxy groups -OCH3 is 1. The SMILES string of the molecule is COc1cc(N2C(=O)c3ccc4c5c(ccc(c35)C2=O)C(O)N(c2ccc(C)cc2)C4=O)c(C)cc1[N+](=O)[O-]. The lowest BCUT2D eigenvalue weighted by atomic mass is 9.85. The molecule has 0 radical (unpaired) electrons. The number of aliphatic hydroxyl groups excluding tert-OH is 1. The number of anilines is 2. The highest BCUT2D eigenvalue weighted by Crippen LogP contribution is 2.44. The number of carbonyl (C=O) groups is 3. The van der Waals surface area contributed by atoms with E-state index in [1.54, 1.807) is 25.1 Å². The second-order valence-electron chi connectivity index (χ2n) is 9.51. The number of rotatable bonds is 4. The molecule has 3 amide bonds. The number of aryl methyl sites for hydroxylation is 2. The maximum atomic E-state index is 13.8. The molecule has 0 saturated heterocycles. The second-order valence-corrected chi connectivity index (χ2v) is 9.51. The van der Waals surface area contributed by atoms with E-state index in [0.717, 1.165) is 10.5 Å². The molecule has 2 aliphatic heterocycles. The minimum atomic E-state index is -1.33. The Kier molecular flexibility index (Phi) is 5.27. The van der Waals surface area contributed by atoms with Crippen molar-refractivity contribution >= 4 is 45.6 Å². The molecule has 0 aliphatic carbocycles. The number of hydrogen-bond acceptors (Lipinski definition) is 7. The molecule has 1 N–H and O–H groups in total. The molecule has 194 valence electrons. The minimum Gasteiger partial charge on any atom is -0.490 e. The molecule has 6 rings (SSSR count). The number of hydrogen-bond donors (Lipinski definition) is 1. The molecular formula is C29H21N3O7. The fourth-order valence-electron chi connectivity index (χ4n) is 5.38. The van der Waals surface area contributed by atoms with Crippen molar-refractivity contribution < 1.29 is 29.2 Å². The lowest BCUT2D eigenvalue weighted by Gasteiger charge is -2.36. The number of nitro benzene ring substituents is 1. The lowest BCUT2D eigenvalue weighted by molar-refractivity contribution is -0.385. The van der Waals surface area contributed by atoms with Gasteiger partial charge >= 0.3 is 5.69 Å². The molecule has 2 heterocycles. The highest BCUT2D eigenvalue weighted by atomic mass is 16.6. The van der Waals surface area contributed by atoms with Crippen molar-refractivity contribution in [2.24, 2.45) is 0 Å². The monoisotopic (exact) mass is 523 g/mol. The lowest BCUT2D eigenvalue weighted by Crippen LogP contribution is -2.42. The number of amides is 3. The summed E-state index contributed by atoms with van der Waals surface area (Å²) in [6.07, 6.45) is -1.33. The first-order valence-electron chi connectivity index (χ1n) is 12.0. The molecule has 4 aromatic carbocycles. The Morgan fingerprint density at radius 3 is 2.03 bits per heavy atom. The predicted octanol–water partition coefficient (Wildman–Crippen LogP) is 4.83. The zero-order valence-electron chi connectivity index (χ0n) is 21.1. The van der Waals surface area contributed by atoms with Crippen LogP contribution in [0.5, 0.6) is 5.75 Å². The van der Waals surface area contributed by atoms with E-state index in [0.29, 0.717) is 27.6 Å². The molecular weight excluding hydrogens is 502 g/mol. The van der Waals surface area contributed by atoms with Crippen LogP contribution in [0.4, 0.5) is 17.1 Å². The second kappa shape index (κ2) is 8.47. The number of ether oxygens (including phenoxy) is 1. The van der Waals surface area contributed by atoms with Gasteiger partial charge in [0.05, 0.1) is 17.7 Å². The molecule has 0 fully saturated rings. The molecule has 1 unspecified atom stereocenters. The molecule has 0 spiro atoms. The largest absolute Gasteiger partial charge is 0.490 e. The van der Waals surface area contributed by atoms with Crippen molar-refractivity contribution in [1.82, 2.24) is 0 Å². The van der Waals surface area contributed by atoms with E-state index in [9.17, 15) is 29.6 Å². The predicted molar refractivity (Wildman–Crippen MR) is 142 cm³/mol. The average Bonchev–Trinajstić information content (AvgIpc) is 2.92. The molecule has 10 heteroatoms. The van der Waals surface area contributed by atoms with Crippen LogP contribution in [0.1, 0.15) is 54.0 Å². The summed E-state index contributed by atoms with van der Waals surface area (Å²) in [5.41, 5.74) is 2.70. The zero-order valence-corrected chi connectivity index (χ0v) is 21.1. The smallest absolute Gasteiger partial charge is 0.311 e. The summed E-state index contributed by atoms with van der Waals surface area (Å²) in [7, 11) is 1.26. The third-order valence-electron chi connectivity index (χ3n) is 7.28. The van der Waals surface area contributed by atoms with Gasteiger partial charge in [-0.25, -0.2) is 4.90 Å². The summed E-state index contributed by atoms with van der Waals surface area (Å²) >= 11 is 0. The number of benzene rings is 4. The molecule has 1 atom stereocenters. The van der Waals surface area contributed by atoms with Gasteiger partial charge in [-0.3, -0.25) is 29.4 Å². The van der Waals surface area contributed by atoms with Crippen molar-refractivity contribution in [3.8, 4) is 5.75 Å². The normalized spacial score (nSPS) is 16.2. The van der Waals surface area contributed by atoms with Crippen molar-refractivity contribution in [2.45, 2.75) is 20.1 Å². The van der Waals surface area contributed by atoms with Crippen LogP contribution in [-0.2, 0) is 0 Å². The Morgan fingerprint density at radius 1 is 0.846 bits per heavy atom. The Bertz CT molecular complexity index is 1760. The number of aliphatic hydroxyl groups is 1. The Morgan fingerprint density at radius 2 is 1.44 bits per heavy atom. The van der Waals surface area contributed by atoms with Crippen LogP contribution in [0.15, 0.2) is 60.7 Å². The van der Waals surface area contributed by atoms with Crippen LogP contribution in [0.25, 0.3) is 10.8 Å². The summed E-state index contributed by atoms with van der Waals surface area (Å²) in [5, 5.41) is 23.4. The highest BCUT2D eigenvalue weighted by molar-refractivity contribution is 6.37. The van der Waals surface area contributed by atoms with E-state index in [1.165, 1.54) is 42.3 Å². The van der Waals surface area contributed by atoms with E-state index in [-0.39, 0.29) is 33.8 Å². The summed E-state index contributed by atoms with van der Waals surface area (Å²) in [5.74, 6) is -1.86. The Labute approximate surface area is 221 Å².